The average molecular weight is 564 g/mol. The van der Waals surface area contributed by atoms with Crippen LogP contribution in [0.25, 0.3) is 0 Å². The number of quaternary nitrogens is 2. The maximum Gasteiger partial charge on any atom is 0.478 e. The lowest BCUT2D eigenvalue weighted by Gasteiger charge is -2.21. The Labute approximate surface area is 185 Å². The zero-order valence-corrected chi connectivity index (χ0v) is 22.0. The van der Waals surface area contributed by atoms with Gasteiger partial charge in [0.2, 0.25) is 0 Å². The second-order valence-corrected chi connectivity index (χ2v) is 12.8. The Kier molecular flexibility index (Phi) is 19.9. The molecule has 0 aliphatic carbocycles. The minimum atomic E-state index is -5.05. The summed E-state index contributed by atoms with van der Waals surface area (Å²) in [6.45, 7) is 2.23. The molecule has 0 heterocycles. The maximum absolute atomic E-state index is 9.63. The Morgan fingerprint density at radius 2 is 0.656 bits per heavy atom. The molecule has 0 aromatic heterocycles. The zero-order chi connectivity index (χ0) is 27.2. The first-order valence-electron chi connectivity index (χ1n) is 8.01. The largest absolute Gasteiger partial charge is 0.478 e. The van der Waals surface area contributed by atoms with Gasteiger partial charge in [0.1, 0.15) is 13.1 Å². The highest BCUT2D eigenvalue weighted by Crippen LogP contribution is 2.54. The normalized spacial score (nSPS) is 13.0. The van der Waals surface area contributed by atoms with Gasteiger partial charge in [0.05, 0.1) is 55.5 Å². The first kappa shape index (κ1) is 39.6. The predicted octanol–water partition coefficient (Wildman–Crippen LogP) is -2.25. The lowest BCUT2D eigenvalue weighted by atomic mass is 10.5. The van der Waals surface area contributed by atoms with E-state index >= 15 is 0 Å². The molecule has 0 aliphatic rings. The van der Waals surface area contributed by atoms with E-state index in [-0.39, 0.29) is 13.2 Å². The number of likely N-dealkylation sites (N-methyl/N-ethyl adjacent to an activating group) is 2. The molecule has 0 saturated carbocycles. The topological polar surface area (TPSA) is 289 Å². The summed E-state index contributed by atoms with van der Waals surface area (Å²) in [5, 5.41) is 16.8. The van der Waals surface area contributed by atoms with Gasteiger partial charge in [-0.25, -0.2) is 18.3 Å². The van der Waals surface area contributed by atoms with E-state index in [2.05, 4.69) is 50.9 Å². The molecule has 0 unspecified atom stereocenters. The van der Waals surface area contributed by atoms with Gasteiger partial charge in [-0.05, 0) is 0 Å². The summed E-state index contributed by atoms with van der Waals surface area (Å²) in [7, 11) is -7.89. The van der Waals surface area contributed by atoms with Crippen LogP contribution < -0.4 is 0 Å². The Morgan fingerprint density at radius 3 is 0.656 bits per heavy atom. The molecular formula is C10H36N2O16P4+2. The van der Waals surface area contributed by atoms with Gasteiger partial charge in [-0.15, -0.1) is 0 Å². The van der Waals surface area contributed by atoms with Crippen LogP contribution in [-0.2, 0) is 26.9 Å². The van der Waals surface area contributed by atoms with E-state index in [0.717, 1.165) is 22.1 Å². The predicted molar refractivity (Wildman–Crippen MR) is 110 cm³/mol. The molecule has 0 radical (unpaired) electrons. The van der Waals surface area contributed by atoms with Crippen LogP contribution in [0.5, 0.6) is 0 Å². The van der Waals surface area contributed by atoms with Crippen molar-refractivity contribution in [2.75, 3.05) is 68.6 Å². The SMILES string of the molecule is C[N+](C)(C)CCO.C[N+](C)(C)CCO.O=P(O)(O)OP(=O)(O)O.O=P(O)(O)OP(=O)(O)O. The fourth-order valence-electron chi connectivity index (χ4n) is 0.877. The molecule has 22 heteroatoms. The highest BCUT2D eigenvalue weighted by atomic mass is 31.3. The zero-order valence-electron chi connectivity index (χ0n) is 18.4. The molecule has 0 aromatic carbocycles. The molecule has 0 spiro atoms. The average Bonchev–Trinajstić information content (AvgIpc) is 2.27. The Hall–Kier alpha value is 0.360. The molecule has 0 amide bonds. The van der Waals surface area contributed by atoms with Crippen molar-refractivity contribution in [3.8, 4) is 0 Å². The molecule has 0 aromatic rings. The van der Waals surface area contributed by atoms with E-state index < -0.39 is 31.3 Å². The van der Waals surface area contributed by atoms with Crippen LogP contribution in [0.15, 0.2) is 0 Å². The van der Waals surface area contributed by atoms with Crippen LogP contribution in [0.2, 0.25) is 0 Å². The van der Waals surface area contributed by atoms with Crippen LogP contribution in [0, 0.1) is 0 Å². The number of hydrogen-bond donors (Lipinski definition) is 10. The fraction of sp³-hybridized carbons (Fsp3) is 1.00. The minimum absolute atomic E-state index is 0.281. The summed E-state index contributed by atoms with van der Waals surface area (Å²) >= 11 is 0. The van der Waals surface area contributed by atoms with Crippen molar-refractivity contribution < 1.29 is 85.2 Å². The number of rotatable bonds is 8. The van der Waals surface area contributed by atoms with Crippen LogP contribution >= 0.6 is 31.3 Å². The van der Waals surface area contributed by atoms with E-state index in [4.69, 9.17) is 49.4 Å². The number of aliphatic hydroxyl groups is 2. The highest BCUT2D eigenvalue weighted by Gasteiger charge is 2.28. The summed E-state index contributed by atoms with van der Waals surface area (Å²) in [4.78, 5) is 62.0. The highest BCUT2D eigenvalue weighted by molar-refractivity contribution is 7.60. The van der Waals surface area contributed by atoms with E-state index in [1.807, 2.05) is 0 Å². The minimum Gasteiger partial charge on any atom is -0.391 e. The van der Waals surface area contributed by atoms with Gasteiger partial charge >= 0.3 is 31.3 Å². The molecule has 10 N–H and O–H groups in total. The first-order valence-corrected chi connectivity index (χ1v) is 14.1. The Morgan fingerprint density at radius 1 is 0.500 bits per heavy atom. The number of phosphoric acid groups is 4. The van der Waals surface area contributed by atoms with E-state index in [0.29, 0.717) is 0 Å². The van der Waals surface area contributed by atoms with Gasteiger partial charge in [0, 0.05) is 0 Å². The summed E-state index contributed by atoms with van der Waals surface area (Å²) in [6, 6.07) is 0. The number of hydrogen-bond acceptors (Lipinski definition) is 8. The van der Waals surface area contributed by atoms with Crippen LogP contribution in [-0.4, -0.2) is 127 Å². The summed E-state index contributed by atoms with van der Waals surface area (Å²) < 4.78 is 46.1. The lowest BCUT2D eigenvalue weighted by molar-refractivity contribution is -0.870. The van der Waals surface area contributed by atoms with Crippen molar-refractivity contribution in [2.24, 2.45) is 0 Å². The second-order valence-electron chi connectivity index (χ2n) is 7.60. The van der Waals surface area contributed by atoms with Crippen molar-refractivity contribution in [3.63, 3.8) is 0 Å². The Bertz CT molecular complexity index is 567. The van der Waals surface area contributed by atoms with Crippen molar-refractivity contribution >= 4 is 31.3 Å². The summed E-state index contributed by atoms with van der Waals surface area (Å²) in [6.07, 6.45) is 0. The van der Waals surface area contributed by atoms with Gasteiger partial charge in [0.25, 0.3) is 0 Å². The van der Waals surface area contributed by atoms with Crippen LogP contribution in [0.3, 0.4) is 0 Å². The Balaban J connectivity index is -0.000000165. The van der Waals surface area contributed by atoms with Crippen molar-refractivity contribution in [1.29, 1.82) is 0 Å². The smallest absolute Gasteiger partial charge is 0.391 e. The molecule has 18 nitrogen and oxygen atoms in total. The van der Waals surface area contributed by atoms with Crippen LogP contribution in [0.4, 0.5) is 0 Å². The van der Waals surface area contributed by atoms with E-state index in [1.54, 1.807) is 0 Å². The third-order valence-corrected chi connectivity index (χ3v) is 5.37. The van der Waals surface area contributed by atoms with E-state index in [1.165, 1.54) is 0 Å². The van der Waals surface area contributed by atoms with Gasteiger partial charge in [-0.3, -0.25) is 0 Å². The molecular weight excluding hydrogens is 528 g/mol. The molecule has 32 heavy (non-hydrogen) atoms. The monoisotopic (exact) mass is 564 g/mol. The maximum atomic E-state index is 9.63. The van der Waals surface area contributed by atoms with Crippen molar-refractivity contribution in [1.82, 2.24) is 0 Å². The molecule has 0 fully saturated rings. The fourth-order valence-corrected chi connectivity index (χ4v) is 3.09. The van der Waals surface area contributed by atoms with Gasteiger partial charge < -0.3 is 58.3 Å². The van der Waals surface area contributed by atoms with Crippen molar-refractivity contribution in [3.05, 3.63) is 0 Å². The van der Waals surface area contributed by atoms with Gasteiger partial charge in [0.15, 0.2) is 0 Å². The van der Waals surface area contributed by atoms with Crippen LogP contribution in [0.1, 0.15) is 0 Å². The van der Waals surface area contributed by atoms with E-state index in [9.17, 15) is 18.3 Å². The standard InChI is InChI=1S/2C5H14NO.2H4O7P2/c2*1-6(2,3)4-5-7;2*1-8(2,3)7-9(4,5)6/h2*7H,4-5H2,1-3H3;2*(H2,1,2,3)(H2,4,5,6)/q2*+1;;. The molecule has 0 atom stereocenters. The third kappa shape index (κ3) is 63.1. The van der Waals surface area contributed by atoms with Crippen molar-refractivity contribution in [2.45, 2.75) is 0 Å². The summed E-state index contributed by atoms with van der Waals surface area (Å²) in [5.41, 5.74) is 0. The molecule has 200 valence electrons. The molecule has 0 aliphatic heterocycles. The molecule has 0 rings (SSSR count). The molecule has 0 bridgehead atoms. The molecule has 0 saturated heterocycles. The second kappa shape index (κ2) is 16.1. The van der Waals surface area contributed by atoms with Gasteiger partial charge in [-0.1, -0.05) is 0 Å². The third-order valence-electron chi connectivity index (χ3n) is 1.97. The summed E-state index contributed by atoms with van der Waals surface area (Å²) in [5.74, 6) is 0. The van der Waals surface area contributed by atoms with Gasteiger partial charge in [-0.2, -0.15) is 8.62 Å². The quantitative estimate of drug-likeness (QED) is 0.110. The number of nitrogens with zero attached hydrogens (tertiary/aromatic N) is 2. The first-order chi connectivity index (χ1) is 13.5. The lowest BCUT2D eigenvalue weighted by Crippen LogP contribution is -2.36. The number of aliphatic hydroxyl groups excluding tert-OH is 2.